The summed E-state index contributed by atoms with van der Waals surface area (Å²) < 4.78 is 2.61. The van der Waals surface area contributed by atoms with E-state index in [9.17, 15) is 0 Å². The maximum absolute atomic E-state index is 2.43. The van der Waals surface area contributed by atoms with E-state index >= 15 is 0 Å². The van der Waals surface area contributed by atoms with Crippen LogP contribution in [0.1, 0.15) is 0 Å². The van der Waals surface area contributed by atoms with E-state index in [1.807, 2.05) is 11.3 Å². The number of rotatable bonds is 8. The lowest BCUT2D eigenvalue weighted by molar-refractivity contribution is 1.28. The van der Waals surface area contributed by atoms with Crippen LogP contribution in [0, 0.1) is 0 Å². The largest absolute Gasteiger partial charge is 0.310 e. The van der Waals surface area contributed by atoms with Crippen LogP contribution in [0.4, 0.5) is 17.1 Å². The topological polar surface area (TPSA) is 3.24 Å². The minimum Gasteiger partial charge on any atom is -0.310 e. The van der Waals surface area contributed by atoms with Crippen LogP contribution in [0.5, 0.6) is 0 Å². The van der Waals surface area contributed by atoms with E-state index in [0.717, 1.165) is 17.1 Å². The third kappa shape index (κ3) is 6.73. The van der Waals surface area contributed by atoms with Gasteiger partial charge >= 0.3 is 0 Å². The average molecular weight is 832 g/mol. The van der Waals surface area contributed by atoms with E-state index in [-0.39, 0.29) is 0 Å². The molecule has 0 bridgehead atoms. The minimum atomic E-state index is 1.09. The van der Waals surface area contributed by atoms with Gasteiger partial charge in [-0.2, -0.15) is 0 Å². The fourth-order valence-electron chi connectivity index (χ4n) is 9.55. The van der Waals surface area contributed by atoms with Gasteiger partial charge in [0.25, 0.3) is 0 Å². The minimum absolute atomic E-state index is 1.09. The molecule has 0 amide bonds. The first-order valence-corrected chi connectivity index (χ1v) is 22.7. The predicted molar refractivity (Wildman–Crippen MR) is 276 cm³/mol. The molecule has 1 heterocycles. The molecule has 0 aliphatic carbocycles. The molecule has 0 fully saturated rings. The summed E-state index contributed by atoms with van der Waals surface area (Å²) in [5.74, 6) is 0. The number of benzene rings is 11. The molecular formula is C62H41NS. The van der Waals surface area contributed by atoms with Gasteiger partial charge in [-0.3, -0.25) is 0 Å². The maximum atomic E-state index is 2.43. The number of nitrogens with zero attached hydrogens (tertiary/aromatic N) is 1. The summed E-state index contributed by atoms with van der Waals surface area (Å²) >= 11 is 1.88. The number of fused-ring (bicyclic) bond motifs is 5. The lowest BCUT2D eigenvalue weighted by Crippen LogP contribution is -2.11. The van der Waals surface area contributed by atoms with Gasteiger partial charge in [0.1, 0.15) is 0 Å². The molecule has 64 heavy (non-hydrogen) atoms. The Kier molecular flexibility index (Phi) is 9.43. The molecule has 0 radical (unpaired) electrons. The predicted octanol–water partition coefficient (Wildman–Crippen LogP) is 18.2. The standard InChI is InChI=1S/C62H41NS/c1-3-19-52-45(13-1)15-10-23-54(52)47-33-29-42(30-34-47)43-37-39-50(40-38-43)63(60-27-7-5-21-56(60)58-25-12-26-59-57-22-6-8-28-61(57)64-62(58)59)51-18-9-17-49(41-51)44-31-35-48(36-32-44)55-24-11-16-46-14-2-4-20-53(46)55/h1-41H. The molecule has 0 saturated carbocycles. The van der Waals surface area contributed by atoms with E-state index in [4.69, 9.17) is 0 Å². The number of hydrogen-bond donors (Lipinski definition) is 0. The molecule has 0 aliphatic heterocycles. The van der Waals surface area contributed by atoms with Crippen molar-refractivity contribution in [3.8, 4) is 55.6 Å². The first-order valence-electron chi connectivity index (χ1n) is 21.9. The van der Waals surface area contributed by atoms with Crippen LogP contribution in [0.2, 0.25) is 0 Å². The highest BCUT2D eigenvalue weighted by molar-refractivity contribution is 7.26. The van der Waals surface area contributed by atoms with Crippen LogP contribution in [0.3, 0.4) is 0 Å². The Balaban J connectivity index is 0.952. The van der Waals surface area contributed by atoms with Gasteiger partial charge in [0.2, 0.25) is 0 Å². The Morgan fingerprint density at radius 1 is 0.266 bits per heavy atom. The van der Waals surface area contributed by atoms with Crippen molar-refractivity contribution in [3.05, 3.63) is 249 Å². The highest BCUT2D eigenvalue weighted by atomic mass is 32.1. The highest BCUT2D eigenvalue weighted by Crippen LogP contribution is 2.47. The lowest BCUT2D eigenvalue weighted by Gasteiger charge is -2.28. The Hall–Kier alpha value is -8.04. The van der Waals surface area contributed by atoms with Gasteiger partial charge in [-0.1, -0.05) is 212 Å². The molecule has 0 aliphatic rings. The zero-order chi connectivity index (χ0) is 42.4. The van der Waals surface area contributed by atoms with Crippen LogP contribution >= 0.6 is 11.3 Å². The van der Waals surface area contributed by atoms with Crippen molar-refractivity contribution in [2.75, 3.05) is 4.90 Å². The van der Waals surface area contributed by atoms with Crippen molar-refractivity contribution in [1.29, 1.82) is 0 Å². The molecule has 11 aromatic carbocycles. The summed E-state index contributed by atoms with van der Waals surface area (Å²) in [6, 6.07) is 90.9. The fourth-order valence-corrected chi connectivity index (χ4v) is 10.8. The zero-order valence-electron chi connectivity index (χ0n) is 35.0. The van der Waals surface area contributed by atoms with Crippen molar-refractivity contribution in [3.63, 3.8) is 0 Å². The first-order chi connectivity index (χ1) is 31.7. The summed E-state index contributed by atoms with van der Waals surface area (Å²) in [7, 11) is 0. The van der Waals surface area contributed by atoms with E-state index in [0.29, 0.717) is 0 Å². The van der Waals surface area contributed by atoms with Gasteiger partial charge in [-0.15, -0.1) is 11.3 Å². The molecule has 0 N–H and O–H groups in total. The average Bonchev–Trinajstić information content (AvgIpc) is 3.76. The normalized spacial score (nSPS) is 11.4. The molecule has 1 nitrogen and oxygen atoms in total. The molecule has 0 saturated heterocycles. The monoisotopic (exact) mass is 831 g/mol. The van der Waals surface area contributed by atoms with Gasteiger partial charge in [-0.25, -0.2) is 0 Å². The van der Waals surface area contributed by atoms with E-state index < -0.39 is 0 Å². The third-order valence-electron chi connectivity index (χ3n) is 12.7. The Labute approximate surface area is 377 Å². The summed E-state index contributed by atoms with van der Waals surface area (Å²) in [4.78, 5) is 2.43. The second kappa shape index (κ2) is 16.0. The zero-order valence-corrected chi connectivity index (χ0v) is 35.8. The summed E-state index contributed by atoms with van der Waals surface area (Å²) in [6.07, 6.45) is 0. The SMILES string of the molecule is c1cc(-c2ccc(-c3cccc4ccccc34)cc2)cc(N(c2ccc(-c3ccc(-c4cccc5ccccc45)cc3)cc2)c2ccccc2-c2cccc3c2sc2ccccc23)c1. The second-order valence-corrected chi connectivity index (χ2v) is 17.5. The number of para-hydroxylation sites is 1. The molecule has 300 valence electrons. The van der Waals surface area contributed by atoms with Crippen LogP contribution in [0.15, 0.2) is 249 Å². The van der Waals surface area contributed by atoms with Crippen LogP contribution in [-0.4, -0.2) is 0 Å². The van der Waals surface area contributed by atoms with E-state index in [1.165, 1.54) is 97.4 Å². The van der Waals surface area contributed by atoms with Gasteiger partial charge < -0.3 is 4.90 Å². The van der Waals surface area contributed by atoms with Gasteiger partial charge in [0.15, 0.2) is 0 Å². The molecule has 2 heteroatoms. The summed E-state index contributed by atoms with van der Waals surface area (Å²) in [5.41, 5.74) is 15.4. The van der Waals surface area contributed by atoms with E-state index in [1.54, 1.807) is 0 Å². The molecule has 12 rings (SSSR count). The van der Waals surface area contributed by atoms with Crippen LogP contribution in [-0.2, 0) is 0 Å². The smallest absolute Gasteiger partial charge is 0.0540 e. The van der Waals surface area contributed by atoms with Crippen molar-refractivity contribution >= 4 is 70.1 Å². The Morgan fingerprint density at radius 3 is 1.39 bits per heavy atom. The molecule has 0 spiro atoms. The maximum Gasteiger partial charge on any atom is 0.0540 e. The number of thiophene rings is 1. The van der Waals surface area contributed by atoms with Gasteiger partial charge in [0.05, 0.1) is 5.69 Å². The van der Waals surface area contributed by atoms with Crippen LogP contribution in [0.25, 0.3) is 97.4 Å². The summed E-state index contributed by atoms with van der Waals surface area (Å²) in [6.45, 7) is 0. The van der Waals surface area contributed by atoms with Crippen molar-refractivity contribution in [2.45, 2.75) is 0 Å². The molecule has 1 aromatic heterocycles. The molecule has 0 unspecified atom stereocenters. The molecule has 0 atom stereocenters. The van der Waals surface area contributed by atoms with Crippen molar-refractivity contribution in [2.24, 2.45) is 0 Å². The molecular weight excluding hydrogens is 791 g/mol. The second-order valence-electron chi connectivity index (χ2n) is 16.4. The molecule has 12 aromatic rings. The van der Waals surface area contributed by atoms with E-state index in [2.05, 4.69) is 254 Å². The number of anilines is 3. The van der Waals surface area contributed by atoms with Gasteiger partial charge in [0, 0.05) is 42.7 Å². The van der Waals surface area contributed by atoms with Gasteiger partial charge in [-0.05, 0) is 102 Å². The highest BCUT2D eigenvalue weighted by Gasteiger charge is 2.20. The Bertz CT molecular complexity index is 3640. The first kappa shape index (κ1) is 37.7. The Morgan fingerprint density at radius 2 is 0.719 bits per heavy atom. The lowest BCUT2D eigenvalue weighted by atomic mass is 9.95. The van der Waals surface area contributed by atoms with Crippen molar-refractivity contribution in [1.82, 2.24) is 0 Å². The summed E-state index contributed by atoms with van der Waals surface area (Å²) in [5, 5.41) is 7.65. The quantitative estimate of drug-likeness (QED) is 0.147. The fraction of sp³-hybridized carbons (Fsp3) is 0. The third-order valence-corrected chi connectivity index (χ3v) is 13.9. The van der Waals surface area contributed by atoms with Crippen molar-refractivity contribution < 1.29 is 0 Å². The number of hydrogen-bond acceptors (Lipinski definition) is 2. The van der Waals surface area contributed by atoms with Crippen LogP contribution < -0.4 is 4.90 Å².